The van der Waals surface area contributed by atoms with Crippen molar-refractivity contribution < 1.29 is 24.2 Å². The fourth-order valence-electron chi connectivity index (χ4n) is 2.84. The van der Waals surface area contributed by atoms with Crippen LogP contribution in [-0.2, 0) is 11.4 Å². The minimum atomic E-state index is -1.24. The summed E-state index contributed by atoms with van der Waals surface area (Å²) in [5.74, 6) is -0.701. The molecule has 0 radical (unpaired) electrons. The first-order valence-corrected chi connectivity index (χ1v) is 9.81. The molecule has 2 N–H and O–H groups in total. The van der Waals surface area contributed by atoms with Gasteiger partial charge in [0.2, 0.25) is 0 Å². The van der Waals surface area contributed by atoms with Crippen molar-refractivity contribution in [3.63, 3.8) is 0 Å². The molecule has 0 heterocycles. The zero-order valence-corrected chi connectivity index (χ0v) is 17.1. The molecule has 3 rings (SSSR count). The number of amides is 1. The fraction of sp³-hybridized carbons (Fsp3) is 0.120. The van der Waals surface area contributed by atoms with Crippen LogP contribution in [0.4, 0.5) is 0 Å². The number of carboxylic acid groups (broad SMARTS) is 1. The lowest BCUT2D eigenvalue weighted by atomic mass is 10.1. The van der Waals surface area contributed by atoms with Crippen LogP contribution in [0, 0.1) is 0 Å². The number of carbonyl (C=O) groups excluding carboxylic acids is 1. The Morgan fingerprint density at radius 2 is 1.58 bits per heavy atom. The van der Waals surface area contributed by atoms with Gasteiger partial charge in [0.15, 0.2) is 11.5 Å². The largest absolute Gasteiger partial charge is 0.490 e. The number of benzene rings is 3. The SMILES string of the molecule is CCOc1cc(C=C(NC(=O)c2ccccc2)C(=O)O)ccc1OCc1ccccc1. The number of rotatable bonds is 9. The van der Waals surface area contributed by atoms with E-state index in [9.17, 15) is 14.7 Å². The summed E-state index contributed by atoms with van der Waals surface area (Å²) in [6, 6.07) is 23.3. The second kappa shape index (κ2) is 10.6. The van der Waals surface area contributed by atoms with Crippen LogP contribution in [0.1, 0.15) is 28.4 Å². The third-order valence-corrected chi connectivity index (χ3v) is 4.33. The van der Waals surface area contributed by atoms with Gasteiger partial charge in [-0.15, -0.1) is 0 Å². The van der Waals surface area contributed by atoms with Gasteiger partial charge in [0.25, 0.3) is 5.91 Å². The number of aliphatic carboxylic acids is 1. The van der Waals surface area contributed by atoms with Crippen LogP contribution >= 0.6 is 0 Å². The maximum absolute atomic E-state index is 12.3. The lowest BCUT2D eigenvalue weighted by molar-refractivity contribution is -0.132. The van der Waals surface area contributed by atoms with Crippen molar-refractivity contribution >= 4 is 18.0 Å². The molecule has 0 fully saturated rings. The van der Waals surface area contributed by atoms with E-state index in [0.29, 0.717) is 35.8 Å². The summed E-state index contributed by atoms with van der Waals surface area (Å²) in [6.07, 6.45) is 1.38. The van der Waals surface area contributed by atoms with Gasteiger partial charge in [-0.25, -0.2) is 4.79 Å². The van der Waals surface area contributed by atoms with Crippen molar-refractivity contribution in [2.24, 2.45) is 0 Å². The van der Waals surface area contributed by atoms with Gasteiger partial charge in [0.1, 0.15) is 12.3 Å². The third kappa shape index (κ3) is 6.21. The van der Waals surface area contributed by atoms with E-state index in [0.717, 1.165) is 5.56 Å². The quantitative estimate of drug-likeness (QED) is 0.500. The summed E-state index contributed by atoms with van der Waals surface area (Å²) < 4.78 is 11.5. The van der Waals surface area contributed by atoms with Crippen LogP contribution in [0.15, 0.2) is 84.6 Å². The Labute approximate surface area is 180 Å². The molecule has 3 aromatic carbocycles. The summed E-state index contributed by atoms with van der Waals surface area (Å²) in [5.41, 5.74) is 1.70. The van der Waals surface area contributed by atoms with Crippen LogP contribution in [0.5, 0.6) is 11.5 Å². The first-order valence-electron chi connectivity index (χ1n) is 9.81. The number of carbonyl (C=O) groups is 2. The molecule has 0 aliphatic heterocycles. The lowest BCUT2D eigenvalue weighted by Crippen LogP contribution is -2.27. The molecule has 0 atom stereocenters. The Balaban J connectivity index is 1.80. The summed E-state index contributed by atoms with van der Waals surface area (Å²) in [4.78, 5) is 24.0. The van der Waals surface area contributed by atoms with E-state index in [2.05, 4.69) is 5.32 Å². The summed E-state index contributed by atoms with van der Waals surface area (Å²) in [6.45, 7) is 2.65. The number of nitrogens with one attached hydrogen (secondary N) is 1. The molecule has 0 aliphatic carbocycles. The number of ether oxygens (including phenoxy) is 2. The topological polar surface area (TPSA) is 84.9 Å². The molecule has 6 nitrogen and oxygen atoms in total. The van der Waals surface area contributed by atoms with Crippen LogP contribution in [0.2, 0.25) is 0 Å². The summed E-state index contributed by atoms with van der Waals surface area (Å²) >= 11 is 0. The second-order valence-corrected chi connectivity index (χ2v) is 6.60. The van der Waals surface area contributed by atoms with Gasteiger partial charge in [0, 0.05) is 5.56 Å². The van der Waals surface area contributed by atoms with Crippen LogP contribution in [0.25, 0.3) is 6.08 Å². The zero-order valence-electron chi connectivity index (χ0n) is 17.1. The molecule has 31 heavy (non-hydrogen) atoms. The zero-order chi connectivity index (χ0) is 22.1. The van der Waals surface area contributed by atoms with Gasteiger partial charge >= 0.3 is 5.97 Å². The van der Waals surface area contributed by atoms with Crippen molar-refractivity contribution in [2.45, 2.75) is 13.5 Å². The predicted molar refractivity (Wildman–Crippen MR) is 118 cm³/mol. The molecule has 0 aliphatic rings. The molecular weight excluding hydrogens is 394 g/mol. The molecule has 0 aromatic heterocycles. The molecule has 0 spiro atoms. The molecule has 158 valence electrons. The maximum Gasteiger partial charge on any atom is 0.352 e. The highest BCUT2D eigenvalue weighted by molar-refractivity contribution is 6.02. The minimum absolute atomic E-state index is 0.241. The summed E-state index contributed by atoms with van der Waals surface area (Å²) in [5, 5.41) is 12.0. The van der Waals surface area contributed by atoms with Crippen LogP contribution in [0.3, 0.4) is 0 Å². The Bertz CT molecular complexity index is 1060. The van der Waals surface area contributed by atoms with E-state index in [-0.39, 0.29) is 5.70 Å². The highest BCUT2D eigenvalue weighted by atomic mass is 16.5. The highest BCUT2D eigenvalue weighted by Gasteiger charge is 2.14. The Kier molecular flexibility index (Phi) is 7.43. The number of hydrogen-bond acceptors (Lipinski definition) is 4. The Hall–Kier alpha value is -4.06. The van der Waals surface area contributed by atoms with E-state index in [1.165, 1.54) is 6.08 Å². The average molecular weight is 417 g/mol. The number of carboxylic acids is 1. The first kappa shape index (κ1) is 21.6. The Morgan fingerprint density at radius 1 is 0.903 bits per heavy atom. The van der Waals surface area contributed by atoms with Gasteiger partial charge in [-0.05, 0) is 48.4 Å². The van der Waals surface area contributed by atoms with Gasteiger partial charge in [-0.2, -0.15) is 0 Å². The monoisotopic (exact) mass is 417 g/mol. The molecule has 0 bridgehead atoms. The standard InChI is InChI=1S/C25H23NO5/c1-2-30-23-16-19(13-14-22(23)31-17-18-9-5-3-6-10-18)15-21(25(28)29)26-24(27)20-11-7-4-8-12-20/h3-16H,2,17H2,1H3,(H,26,27)(H,28,29). The maximum atomic E-state index is 12.3. The predicted octanol–water partition coefficient (Wildman–Crippen LogP) is 4.52. The third-order valence-electron chi connectivity index (χ3n) is 4.33. The number of hydrogen-bond donors (Lipinski definition) is 2. The van der Waals surface area contributed by atoms with E-state index >= 15 is 0 Å². The van der Waals surface area contributed by atoms with E-state index in [1.807, 2.05) is 37.3 Å². The van der Waals surface area contributed by atoms with Gasteiger partial charge in [-0.3, -0.25) is 4.79 Å². The smallest absolute Gasteiger partial charge is 0.352 e. The first-order chi connectivity index (χ1) is 15.1. The minimum Gasteiger partial charge on any atom is -0.490 e. The normalized spacial score (nSPS) is 10.9. The second-order valence-electron chi connectivity index (χ2n) is 6.60. The van der Waals surface area contributed by atoms with Crippen molar-refractivity contribution in [3.05, 3.63) is 101 Å². The van der Waals surface area contributed by atoms with Crippen LogP contribution < -0.4 is 14.8 Å². The van der Waals surface area contributed by atoms with Gasteiger partial charge in [0.05, 0.1) is 6.61 Å². The molecule has 0 unspecified atom stereocenters. The van der Waals surface area contributed by atoms with Crippen LogP contribution in [-0.4, -0.2) is 23.6 Å². The lowest BCUT2D eigenvalue weighted by Gasteiger charge is -2.13. The molecule has 3 aromatic rings. The van der Waals surface area contributed by atoms with Crippen molar-refractivity contribution in [1.82, 2.24) is 5.32 Å². The van der Waals surface area contributed by atoms with E-state index in [1.54, 1.807) is 48.5 Å². The molecule has 1 amide bonds. The molecule has 0 saturated carbocycles. The highest BCUT2D eigenvalue weighted by Crippen LogP contribution is 2.30. The molecule has 0 saturated heterocycles. The molecular formula is C25H23NO5. The van der Waals surface area contributed by atoms with E-state index in [4.69, 9.17) is 9.47 Å². The van der Waals surface area contributed by atoms with Crippen molar-refractivity contribution in [1.29, 1.82) is 0 Å². The molecule has 6 heteroatoms. The fourth-order valence-corrected chi connectivity index (χ4v) is 2.84. The van der Waals surface area contributed by atoms with Gasteiger partial charge < -0.3 is 19.9 Å². The van der Waals surface area contributed by atoms with Crippen molar-refractivity contribution in [3.8, 4) is 11.5 Å². The van der Waals surface area contributed by atoms with E-state index < -0.39 is 11.9 Å². The Morgan fingerprint density at radius 3 is 2.23 bits per heavy atom. The van der Waals surface area contributed by atoms with Crippen molar-refractivity contribution in [2.75, 3.05) is 6.61 Å². The average Bonchev–Trinajstić information content (AvgIpc) is 2.79. The van der Waals surface area contributed by atoms with Gasteiger partial charge in [-0.1, -0.05) is 54.6 Å². The summed E-state index contributed by atoms with van der Waals surface area (Å²) in [7, 11) is 0.